The van der Waals surface area contributed by atoms with Gasteiger partial charge in [0.2, 0.25) is 0 Å². The molecular formula is C27H30N2O3S2. The lowest BCUT2D eigenvalue weighted by atomic mass is 10.0. The van der Waals surface area contributed by atoms with Gasteiger partial charge in [0.1, 0.15) is 5.84 Å². The Morgan fingerprint density at radius 2 is 1.47 bits per heavy atom. The van der Waals surface area contributed by atoms with Crippen molar-refractivity contribution in [1.82, 2.24) is 4.90 Å². The molecule has 1 fully saturated rings. The third kappa shape index (κ3) is 5.65. The van der Waals surface area contributed by atoms with Gasteiger partial charge in [0, 0.05) is 23.9 Å². The molecule has 7 heteroatoms. The summed E-state index contributed by atoms with van der Waals surface area (Å²) in [6, 6.07) is 24.7. The Hall–Kier alpha value is -2.77. The van der Waals surface area contributed by atoms with E-state index in [1.54, 1.807) is 19.1 Å². The summed E-state index contributed by atoms with van der Waals surface area (Å²) in [5.41, 5.74) is 3.53. The first-order chi connectivity index (χ1) is 16.3. The normalized spacial score (nSPS) is 15.6. The number of hydrogen-bond donors (Lipinski definition) is 0. The number of nitrogens with zero attached hydrogens (tertiary/aromatic N) is 2. The van der Waals surface area contributed by atoms with Crippen molar-refractivity contribution in [2.75, 3.05) is 18.8 Å². The van der Waals surface area contributed by atoms with E-state index < -0.39 is 20.8 Å². The monoisotopic (exact) mass is 494 g/mol. The van der Waals surface area contributed by atoms with Gasteiger partial charge in [-0.3, -0.25) is 4.21 Å². The van der Waals surface area contributed by atoms with Crippen molar-refractivity contribution in [2.45, 2.75) is 36.8 Å². The molecule has 3 aromatic rings. The summed E-state index contributed by atoms with van der Waals surface area (Å²) in [4.78, 5) is 2.18. The minimum atomic E-state index is -3.93. The molecule has 0 spiro atoms. The zero-order valence-electron chi connectivity index (χ0n) is 19.6. The first-order valence-electron chi connectivity index (χ1n) is 11.5. The van der Waals surface area contributed by atoms with Crippen molar-refractivity contribution in [2.24, 2.45) is 4.40 Å². The van der Waals surface area contributed by atoms with Crippen LogP contribution >= 0.6 is 0 Å². The Morgan fingerprint density at radius 1 is 0.912 bits per heavy atom. The second-order valence-electron chi connectivity index (χ2n) is 8.67. The Labute approximate surface area is 205 Å². The predicted octanol–water partition coefficient (Wildman–Crippen LogP) is 5.02. The summed E-state index contributed by atoms with van der Waals surface area (Å²) in [6.07, 6.45) is 1.94. The molecule has 1 aliphatic rings. The highest BCUT2D eigenvalue weighted by Crippen LogP contribution is 2.29. The van der Waals surface area contributed by atoms with Crippen LogP contribution in [0.5, 0.6) is 0 Å². The molecule has 178 valence electrons. The molecule has 0 amide bonds. The van der Waals surface area contributed by atoms with Gasteiger partial charge in [-0.25, -0.2) is 0 Å². The zero-order valence-corrected chi connectivity index (χ0v) is 21.2. The maximum absolute atomic E-state index is 13.9. The molecule has 4 rings (SSSR count). The average molecular weight is 495 g/mol. The van der Waals surface area contributed by atoms with E-state index in [9.17, 15) is 12.6 Å². The van der Waals surface area contributed by atoms with Crippen LogP contribution in [-0.4, -0.2) is 42.2 Å². The Morgan fingerprint density at radius 3 is 2.00 bits per heavy atom. The highest BCUT2D eigenvalue weighted by atomic mass is 32.2. The molecule has 0 bridgehead atoms. The molecule has 0 aliphatic carbocycles. The minimum Gasteiger partial charge on any atom is -0.359 e. The zero-order chi connectivity index (χ0) is 24.1. The minimum absolute atomic E-state index is 0.0680. The SMILES string of the molecule is Cc1ccc(S(=O)(=O)/N=C(/CS(=O)C(c2ccccc2)c2ccccc2)N2CCCC2)c(C)c1. The fourth-order valence-electron chi connectivity index (χ4n) is 4.39. The molecule has 34 heavy (non-hydrogen) atoms. The van der Waals surface area contributed by atoms with Crippen LogP contribution in [0.3, 0.4) is 0 Å². The number of aryl methyl sites for hydroxylation is 2. The maximum Gasteiger partial charge on any atom is 0.284 e. The Kier molecular flexibility index (Phi) is 7.63. The van der Waals surface area contributed by atoms with Gasteiger partial charge in [0.25, 0.3) is 10.0 Å². The van der Waals surface area contributed by atoms with Crippen LogP contribution in [0, 0.1) is 13.8 Å². The predicted molar refractivity (Wildman–Crippen MR) is 139 cm³/mol. The fourth-order valence-corrected chi connectivity index (χ4v) is 7.32. The van der Waals surface area contributed by atoms with Gasteiger partial charge in [0.05, 0.1) is 15.9 Å². The molecule has 0 radical (unpaired) electrons. The summed E-state index contributed by atoms with van der Waals surface area (Å²) in [6.45, 7) is 5.16. The molecule has 1 heterocycles. The molecule has 3 aromatic carbocycles. The van der Waals surface area contributed by atoms with Crippen LogP contribution in [0.4, 0.5) is 0 Å². The van der Waals surface area contributed by atoms with E-state index in [4.69, 9.17) is 0 Å². The van der Waals surface area contributed by atoms with Crippen LogP contribution in [0.1, 0.15) is 40.3 Å². The van der Waals surface area contributed by atoms with Crippen molar-refractivity contribution in [1.29, 1.82) is 0 Å². The van der Waals surface area contributed by atoms with E-state index in [0.29, 0.717) is 11.4 Å². The molecule has 5 nitrogen and oxygen atoms in total. The summed E-state index contributed by atoms with van der Waals surface area (Å²) in [5.74, 6) is 0.450. The number of benzene rings is 3. The highest BCUT2D eigenvalue weighted by molar-refractivity contribution is 7.90. The quantitative estimate of drug-likeness (QED) is 0.342. The number of hydrogen-bond acceptors (Lipinski definition) is 3. The number of sulfonamides is 1. The van der Waals surface area contributed by atoms with E-state index in [1.165, 1.54) is 0 Å². The summed E-state index contributed by atoms with van der Waals surface area (Å²) in [5, 5.41) is -0.376. The third-order valence-electron chi connectivity index (χ3n) is 6.04. The summed E-state index contributed by atoms with van der Waals surface area (Å²) >= 11 is 0. The molecule has 1 unspecified atom stereocenters. The van der Waals surface area contributed by atoms with Crippen LogP contribution < -0.4 is 0 Å². The van der Waals surface area contributed by atoms with Gasteiger partial charge < -0.3 is 4.90 Å². The third-order valence-corrected chi connectivity index (χ3v) is 9.12. The lowest BCUT2D eigenvalue weighted by Gasteiger charge is -2.23. The molecule has 0 N–H and O–H groups in total. The first kappa shape index (κ1) is 24.4. The van der Waals surface area contributed by atoms with Gasteiger partial charge in [-0.2, -0.15) is 8.42 Å². The van der Waals surface area contributed by atoms with Crippen LogP contribution in [0.2, 0.25) is 0 Å². The van der Waals surface area contributed by atoms with E-state index in [-0.39, 0.29) is 15.9 Å². The molecule has 1 aliphatic heterocycles. The van der Waals surface area contributed by atoms with E-state index in [2.05, 4.69) is 4.40 Å². The smallest absolute Gasteiger partial charge is 0.284 e. The maximum atomic E-state index is 13.9. The van der Waals surface area contributed by atoms with Gasteiger partial charge in [0.15, 0.2) is 0 Å². The Balaban J connectivity index is 1.72. The summed E-state index contributed by atoms with van der Waals surface area (Å²) in [7, 11) is -5.36. The Bertz CT molecular complexity index is 1240. The van der Waals surface area contributed by atoms with E-state index >= 15 is 0 Å². The van der Waals surface area contributed by atoms with Crippen LogP contribution in [0.15, 0.2) is 88.2 Å². The number of amidine groups is 1. The molecule has 0 saturated carbocycles. The lowest BCUT2D eigenvalue weighted by molar-refractivity contribution is 0.516. The highest BCUT2D eigenvalue weighted by Gasteiger charge is 2.28. The van der Waals surface area contributed by atoms with Crippen LogP contribution in [-0.2, 0) is 20.8 Å². The van der Waals surface area contributed by atoms with Gasteiger partial charge in [-0.15, -0.1) is 4.40 Å². The molecular weight excluding hydrogens is 464 g/mol. The average Bonchev–Trinajstić information content (AvgIpc) is 3.35. The molecule has 0 aromatic heterocycles. The topological polar surface area (TPSA) is 66.8 Å². The van der Waals surface area contributed by atoms with Crippen LogP contribution in [0.25, 0.3) is 0 Å². The van der Waals surface area contributed by atoms with E-state index in [1.807, 2.05) is 78.6 Å². The molecule has 1 saturated heterocycles. The van der Waals surface area contributed by atoms with Gasteiger partial charge >= 0.3 is 0 Å². The van der Waals surface area contributed by atoms with Gasteiger partial charge in [-0.05, 0) is 49.4 Å². The van der Waals surface area contributed by atoms with Crippen molar-refractivity contribution >= 4 is 26.7 Å². The lowest BCUT2D eigenvalue weighted by Crippen LogP contribution is -2.34. The largest absolute Gasteiger partial charge is 0.359 e. The second-order valence-corrected chi connectivity index (χ2v) is 11.8. The van der Waals surface area contributed by atoms with Crippen molar-refractivity contribution < 1.29 is 12.6 Å². The van der Waals surface area contributed by atoms with Gasteiger partial charge in [-0.1, -0.05) is 78.4 Å². The van der Waals surface area contributed by atoms with E-state index in [0.717, 1.165) is 42.6 Å². The number of likely N-dealkylation sites (tertiary alicyclic amines) is 1. The van der Waals surface area contributed by atoms with Crippen molar-refractivity contribution in [3.05, 3.63) is 101 Å². The second kappa shape index (κ2) is 10.7. The number of rotatable bonds is 7. The van der Waals surface area contributed by atoms with Crippen molar-refractivity contribution in [3.63, 3.8) is 0 Å². The fraction of sp³-hybridized carbons (Fsp3) is 0.296. The standard InChI is InChI=1S/C27H30N2O3S2/c1-21-15-16-25(22(2)19-21)34(31,32)28-26(29-17-9-10-18-29)20-33(30)27(23-11-5-3-6-12-23)24-13-7-4-8-14-24/h3-8,11-16,19,27H,9-10,17-18,20H2,1-2H3/b28-26-. The first-order valence-corrected chi connectivity index (χ1v) is 14.3. The van der Waals surface area contributed by atoms with Crippen molar-refractivity contribution in [3.8, 4) is 0 Å². The molecule has 1 atom stereocenters. The summed E-state index contributed by atoms with van der Waals surface area (Å²) < 4.78 is 44.8.